The summed E-state index contributed by atoms with van der Waals surface area (Å²) < 4.78 is 5.67. The predicted molar refractivity (Wildman–Crippen MR) is 103 cm³/mol. The van der Waals surface area contributed by atoms with Crippen LogP contribution in [0, 0.1) is 0 Å². The van der Waals surface area contributed by atoms with E-state index in [2.05, 4.69) is 0 Å². The van der Waals surface area contributed by atoms with Crippen molar-refractivity contribution in [2.75, 3.05) is 13.2 Å². The molecular formula is C20H18ClNO4S. The summed E-state index contributed by atoms with van der Waals surface area (Å²) in [6, 6.07) is 9.81. The number of Topliss-reactive ketones (excluding diaryl/α,β-unsaturated/α-hetero) is 1. The maximum Gasteiger partial charge on any atom is 0.290 e. The van der Waals surface area contributed by atoms with Gasteiger partial charge >= 0.3 is 0 Å². The van der Waals surface area contributed by atoms with Gasteiger partial charge in [-0.3, -0.25) is 9.59 Å². The van der Waals surface area contributed by atoms with Crippen LogP contribution in [0.2, 0.25) is 5.02 Å². The molecular weight excluding hydrogens is 386 g/mol. The van der Waals surface area contributed by atoms with Gasteiger partial charge in [0.2, 0.25) is 5.78 Å². The Labute approximate surface area is 165 Å². The van der Waals surface area contributed by atoms with Gasteiger partial charge in [0.1, 0.15) is 0 Å². The molecule has 1 N–H and O–H groups in total. The van der Waals surface area contributed by atoms with Crippen molar-refractivity contribution in [2.45, 2.75) is 25.0 Å². The molecule has 2 aliphatic heterocycles. The number of carbonyl (C=O) groups excluding carboxylic acids is 2. The molecule has 0 spiro atoms. The van der Waals surface area contributed by atoms with Gasteiger partial charge in [0.25, 0.3) is 5.91 Å². The highest BCUT2D eigenvalue weighted by molar-refractivity contribution is 7.12. The zero-order valence-corrected chi connectivity index (χ0v) is 16.0. The first kappa shape index (κ1) is 18.2. The molecule has 1 aromatic carbocycles. The lowest BCUT2D eigenvalue weighted by Crippen LogP contribution is -2.37. The smallest absolute Gasteiger partial charge is 0.290 e. The van der Waals surface area contributed by atoms with Gasteiger partial charge in [-0.1, -0.05) is 35.9 Å². The largest absolute Gasteiger partial charge is 0.503 e. The van der Waals surface area contributed by atoms with Gasteiger partial charge in [-0.15, -0.1) is 11.3 Å². The van der Waals surface area contributed by atoms with E-state index < -0.39 is 17.7 Å². The standard InChI is InChI=1S/C20H18ClNO4S/c21-14-7-2-1-6-13(14)17-16(18(23)15-8-4-10-27-15)19(24)20(25)22(17)11-12-5-3-9-26-12/h1-2,4,6-8,10,12,17,24H,3,5,9,11H2/t12-,17-/m1/s1. The van der Waals surface area contributed by atoms with E-state index >= 15 is 0 Å². The average Bonchev–Trinajstić information content (AvgIpc) is 3.40. The molecule has 1 fully saturated rings. The highest BCUT2D eigenvalue weighted by Crippen LogP contribution is 2.42. The molecule has 4 rings (SSSR count). The van der Waals surface area contributed by atoms with Crippen molar-refractivity contribution < 1.29 is 19.4 Å². The average molecular weight is 404 g/mol. The van der Waals surface area contributed by atoms with Crippen molar-refractivity contribution in [3.63, 3.8) is 0 Å². The van der Waals surface area contributed by atoms with Crippen molar-refractivity contribution in [3.8, 4) is 0 Å². The number of nitrogens with zero attached hydrogens (tertiary/aromatic N) is 1. The number of ketones is 1. The number of hydrogen-bond donors (Lipinski definition) is 1. The zero-order chi connectivity index (χ0) is 19.0. The molecule has 0 bridgehead atoms. The number of halogens is 1. The number of amides is 1. The minimum atomic E-state index is -0.731. The fourth-order valence-corrected chi connectivity index (χ4v) is 4.56. The molecule has 2 aromatic rings. The number of ether oxygens (including phenoxy) is 1. The molecule has 7 heteroatoms. The molecule has 0 radical (unpaired) electrons. The minimum Gasteiger partial charge on any atom is -0.503 e. The molecule has 1 saturated heterocycles. The summed E-state index contributed by atoms with van der Waals surface area (Å²) in [6.45, 7) is 0.962. The lowest BCUT2D eigenvalue weighted by molar-refractivity contribution is -0.131. The lowest BCUT2D eigenvalue weighted by atomic mass is 9.95. The second-order valence-corrected chi connectivity index (χ2v) is 7.94. The third-order valence-corrected chi connectivity index (χ3v) is 6.13. The van der Waals surface area contributed by atoms with Crippen molar-refractivity contribution in [1.29, 1.82) is 0 Å². The van der Waals surface area contributed by atoms with Crippen LogP contribution in [0.25, 0.3) is 0 Å². The van der Waals surface area contributed by atoms with Crippen LogP contribution < -0.4 is 0 Å². The summed E-state index contributed by atoms with van der Waals surface area (Å²) in [4.78, 5) is 27.9. The second-order valence-electron chi connectivity index (χ2n) is 6.59. The monoisotopic (exact) mass is 403 g/mol. The van der Waals surface area contributed by atoms with Gasteiger partial charge in [-0.05, 0) is 35.9 Å². The van der Waals surface area contributed by atoms with Gasteiger partial charge in [-0.2, -0.15) is 0 Å². The fraction of sp³-hybridized carbons (Fsp3) is 0.300. The first-order chi connectivity index (χ1) is 13.1. The molecule has 2 aliphatic rings. The van der Waals surface area contributed by atoms with E-state index in [1.807, 2.05) is 0 Å². The normalized spacial score (nSPS) is 22.7. The molecule has 1 aromatic heterocycles. The lowest BCUT2D eigenvalue weighted by Gasteiger charge is -2.29. The molecule has 140 valence electrons. The predicted octanol–water partition coefficient (Wildman–Crippen LogP) is 4.16. The SMILES string of the molecule is O=C(C1=C(O)C(=O)N(C[C@H]2CCCO2)[C@@H]1c1ccccc1Cl)c1cccs1. The van der Waals surface area contributed by atoms with Crippen molar-refractivity contribution in [3.05, 3.63) is 68.6 Å². The number of hydrogen-bond acceptors (Lipinski definition) is 5. The quantitative estimate of drug-likeness (QED) is 0.761. The molecule has 0 unspecified atom stereocenters. The van der Waals surface area contributed by atoms with Crippen LogP contribution in [0.4, 0.5) is 0 Å². The molecule has 3 heterocycles. The Balaban J connectivity index is 1.78. The van der Waals surface area contributed by atoms with Gasteiger partial charge < -0.3 is 14.7 Å². The maximum absolute atomic E-state index is 13.1. The second kappa shape index (κ2) is 7.46. The number of rotatable bonds is 5. The van der Waals surface area contributed by atoms with E-state index in [-0.39, 0.29) is 17.5 Å². The summed E-state index contributed by atoms with van der Waals surface area (Å²) >= 11 is 7.67. The summed E-state index contributed by atoms with van der Waals surface area (Å²) in [5, 5.41) is 12.8. The Kier molecular flexibility index (Phi) is 5.04. The Morgan fingerprint density at radius 2 is 2.11 bits per heavy atom. The number of thiophene rings is 1. The van der Waals surface area contributed by atoms with Gasteiger partial charge in [0.05, 0.1) is 22.6 Å². The Hall–Kier alpha value is -2.15. The number of benzene rings is 1. The Bertz CT molecular complexity index is 902. The van der Waals surface area contributed by atoms with Crippen LogP contribution in [0.5, 0.6) is 0 Å². The van der Waals surface area contributed by atoms with Gasteiger partial charge in [-0.25, -0.2) is 0 Å². The Morgan fingerprint density at radius 3 is 2.78 bits per heavy atom. The summed E-state index contributed by atoms with van der Waals surface area (Å²) in [6.07, 6.45) is 1.67. The summed E-state index contributed by atoms with van der Waals surface area (Å²) in [7, 11) is 0. The van der Waals surface area contributed by atoms with Crippen molar-refractivity contribution in [1.82, 2.24) is 4.90 Å². The maximum atomic E-state index is 13.1. The van der Waals surface area contributed by atoms with Crippen molar-refractivity contribution >= 4 is 34.6 Å². The number of carbonyl (C=O) groups is 2. The molecule has 0 saturated carbocycles. The van der Waals surface area contributed by atoms with E-state index in [0.717, 1.165) is 12.8 Å². The first-order valence-corrected chi connectivity index (χ1v) is 10.0. The van der Waals surface area contributed by atoms with Crippen LogP contribution in [0.1, 0.15) is 34.1 Å². The van der Waals surface area contributed by atoms with E-state index in [9.17, 15) is 14.7 Å². The number of aliphatic hydroxyl groups excluding tert-OH is 1. The third-order valence-electron chi connectivity index (χ3n) is 4.92. The molecule has 0 aliphatic carbocycles. The fourth-order valence-electron chi connectivity index (χ4n) is 3.64. The van der Waals surface area contributed by atoms with E-state index in [0.29, 0.717) is 28.6 Å². The van der Waals surface area contributed by atoms with Gasteiger partial charge in [0.15, 0.2) is 5.76 Å². The van der Waals surface area contributed by atoms with Crippen LogP contribution in [0.3, 0.4) is 0 Å². The summed E-state index contributed by atoms with van der Waals surface area (Å²) in [5.41, 5.74) is 0.697. The van der Waals surface area contributed by atoms with Crippen molar-refractivity contribution in [2.24, 2.45) is 0 Å². The highest BCUT2D eigenvalue weighted by atomic mass is 35.5. The van der Waals surface area contributed by atoms with E-state index in [4.69, 9.17) is 16.3 Å². The minimum absolute atomic E-state index is 0.0774. The van der Waals surface area contributed by atoms with Crippen LogP contribution in [-0.4, -0.2) is 41.0 Å². The van der Waals surface area contributed by atoms with E-state index in [1.54, 1.807) is 41.8 Å². The molecule has 5 nitrogen and oxygen atoms in total. The summed E-state index contributed by atoms with van der Waals surface area (Å²) in [5.74, 6) is -1.41. The molecule has 1 amide bonds. The van der Waals surface area contributed by atoms with Crippen LogP contribution >= 0.6 is 22.9 Å². The first-order valence-electron chi connectivity index (χ1n) is 8.76. The number of aliphatic hydroxyl groups is 1. The van der Waals surface area contributed by atoms with Crippen LogP contribution in [-0.2, 0) is 9.53 Å². The molecule has 2 atom stereocenters. The Morgan fingerprint density at radius 1 is 1.30 bits per heavy atom. The zero-order valence-electron chi connectivity index (χ0n) is 14.4. The third kappa shape index (κ3) is 3.29. The highest BCUT2D eigenvalue weighted by Gasteiger charge is 2.45. The van der Waals surface area contributed by atoms with E-state index in [1.165, 1.54) is 16.2 Å². The molecule has 27 heavy (non-hydrogen) atoms. The topological polar surface area (TPSA) is 66.8 Å². The van der Waals surface area contributed by atoms with Crippen LogP contribution in [0.15, 0.2) is 53.1 Å². The van der Waals surface area contributed by atoms with Gasteiger partial charge in [0, 0.05) is 18.2 Å².